The first-order valence-electron chi connectivity index (χ1n) is 6.60. The third-order valence-electron chi connectivity index (χ3n) is 3.68. The first-order chi connectivity index (χ1) is 9.32. The number of benzene rings is 1. The van der Waals surface area contributed by atoms with Gasteiger partial charge in [-0.2, -0.15) is 13.2 Å². The van der Waals surface area contributed by atoms with Crippen LogP contribution in [-0.4, -0.2) is 25.0 Å². The highest BCUT2D eigenvalue weighted by atomic mass is 19.4. The van der Waals surface area contributed by atoms with E-state index in [0.29, 0.717) is 12.0 Å². The van der Waals surface area contributed by atoms with Crippen molar-refractivity contribution in [2.45, 2.75) is 25.1 Å². The number of nitrogens with two attached hydrogens (primary N) is 1. The smallest absolute Gasteiger partial charge is 0.329 e. The highest BCUT2D eigenvalue weighted by Gasteiger charge is 2.37. The average Bonchev–Trinajstić information content (AvgIpc) is 3.14. The summed E-state index contributed by atoms with van der Waals surface area (Å²) in [5.41, 5.74) is 4.76. The lowest BCUT2D eigenvalue weighted by atomic mass is 9.98. The summed E-state index contributed by atoms with van der Waals surface area (Å²) < 4.78 is 52.2. The van der Waals surface area contributed by atoms with Crippen LogP contribution < -0.4 is 5.73 Å². The number of hydrogen-bond acceptors (Lipinski definition) is 2. The topological polar surface area (TPSA) is 29.3 Å². The molecule has 1 atom stereocenters. The first-order valence-corrected chi connectivity index (χ1v) is 6.60. The van der Waals surface area contributed by atoms with E-state index in [1.807, 2.05) is 4.90 Å². The van der Waals surface area contributed by atoms with Gasteiger partial charge in [0.2, 0.25) is 0 Å². The molecule has 0 spiro atoms. The second kappa shape index (κ2) is 5.69. The quantitative estimate of drug-likeness (QED) is 0.844. The van der Waals surface area contributed by atoms with Crippen LogP contribution in [0, 0.1) is 11.7 Å². The average molecular weight is 290 g/mol. The largest absolute Gasteiger partial charge is 0.416 e. The number of alkyl halides is 3. The minimum atomic E-state index is -4.58. The zero-order valence-electron chi connectivity index (χ0n) is 11.3. The summed E-state index contributed by atoms with van der Waals surface area (Å²) in [4.78, 5) is 1.83. The van der Waals surface area contributed by atoms with E-state index in [4.69, 9.17) is 5.73 Å². The Morgan fingerprint density at radius 3 is 2.50 bits per heavy atom. The lowest BCUT2D eigenvalue weighted by molar-refractivity contribution is -0.138. The van der Waals surface area contributed by atoms with Crippen molar-refractivity contribution in [1.82, 2.24) is 4.90 Å². The van der Waals surface area contributed by atoms with E-state index in [0.717, 1.165) is 25.5 Å². The van der Waals surface area contributed by atoms with Crippen molar-refractivity contribution in [3.63, 3.8) is 0 Å². The van der Waals surface area contributed by atoms with Gasteiger partial charge in [-0.1, -0.05) is 6.07 Å². The third kappa shape index (κ3) is 3.49. The Morgan fingerprint density at radius 2 is 2.00 bits per heavy atom. The summed E-state index contributed by atoms with van der Waals surface area (Å²) in [5.74, 6) is -0.342. The maximum Gasteiger partial charge on any atom is 0.416 e. The van der Waals surface area contributed by atoms with Crippen LogP contribution in [0.1, 0.15) is 30.0 Å². The predicted octanol–water partition coefficient (Wildman–Crippen LogP) is 3.19. The Labute approximate surface area is 115 Å². The summed E-state index contributed by atoms with van der Waals surface area (Å²) in [6, 6.07) is 2.24. The zero-order chi connectivity index (χ0) is 14.9. The molecule has 0 aliphatic heterocycles. The lowest BCUT2D eigenvalue weighted by Gasteiger charge is -2.29. The highest BCUT2D eigenvalue weighted by Crippen LogP contribution is 2.37. The molecule has 1 fully saturated rings. The molecule has 2 N–H and O–H groups in total. The van der Waals surface area contributed by atoms with Crippen LogP contribution in [0.25, 0.3) is 0 Å². The van der Waals surface area contributed by atoms with Gasteiger partial charge < -0.3 is 5.73 Å². The summed E-state index contributed by atoms with van der Waals surface area (Å²) >= 11 is 0. The Kier molecular flexibility index (Phi) is 4.34. The van der Waals surface area contributed by atoms with E-state index < -0.39 is 23.6 Å². The summed E-state index contributed by atoms with van der Waals surface area (Å²) in [6.07, 6.45) is -2.36. The summed E-state index contributed by atoms with van der Waals surface area (Å²) in [5, 5.41) is 0. The van der Waals surface area contributed by atoms with E-state index in [2.05, 4.69) is 0 Å². The normalized spacial score (nSPS) is 17.6. The van der Waals surface area contributed by atoms with Crippen molar-refractivity contribution >= 4 is 0 Å². The van der Waals surface area contributed by atoms with Crippen LogP contribution in [0.3, 0.4) is 0 Å². The van der Waals surface area contributed by atoms with E-state index in [1.54, 1.807) is 7.05 Å². The van der Waals surface area contributed by atoms with Crippen LogP contribution >= 0.6 is 0 Å². The van der Waals surface area contributed by atoms with E-state index in [1.165, 1.54) is 6.07 Å². The van der Waals surface area contributed by atoms with Gasteiger partial charge in [0.15, 0.2) is 0 Å². The molecule has 0 bridgehead atoms. The van der Waals surface area contributed by atoms with Gasteiger partial charge in [-0.3, -0.25) is 4.90 Å². The summed E-state index contributed by atoms with van der Waals surface area (Å²) in [7, 11) is 1.76. The zero-order valence-corrected chi connectivity index (χ0v) is 11.3. The van der Waals surface area contributed by atoms with Gasteiger partial charge in [0.1, 0.15) is 5.82 Å². The van der Waals surface area contributed by atoms with Crippen molar-refractivity contribution in [2.24, 2.45) is 11.7 Å². The Balaban J connectivity index is 2.32. The van der Waals surface area contributed by atoms with Gasteiger partial charge in [0.05, 0.1) is 5.56 Å². The molecule has 1 aromatic carbocycles. The maximum atomic E-state index is 13.1. The fourth-order valence-corrected chi connectivity index (χ4v) is 2.44. The molecule has 0 amide bonds. The molecule has 2 nitrogen and oxygen atoms in total. The van der Waals surface area contributed by atoms with E-state index in [-0.39, 0.29) is 12.1 Å². The Hall–Kier alpha value is -1.14. The van der Waals surface area contributed by atoms with Gasteiger partial charge >= 0.3 is 6.18 Å². The number of nitrogens with zero attached hydrogens (tertiary/aromatic N) is 1. The molecule has 1 saturated carbocycles. The molecule has 0 radical (unpaired) electrons. The molecular formula is C14H18F4N2. The Bertz CT molecular complexity index is 469. The van der Waals surface area contributed by atoms with Gasteiger partial charge in [-0.15, -0.1) is 0 Å². The third-order valence-corrected chi connectivity index (χ3v) is 3.68. The van der Waals surface area contributed by atoms with Crippen molar-refractivity contribution in [3.8, 4) is 0 Å². The molecule has 0 saturated heterocycles. The number of halogens is 4. The molecule has 0 aromatic heterocycles. The van der Waals surface area contributed by atoms with Gasteiger partial charge in [-0.25, -0.2) is 4.39 Å². The first kappa shape index (κ1) is 15.3. The molecule has 1 aliphatic carbocycles. The Morgan fingerprint density at radius 1 is 1.35 bits per heavy atom. The molecule has 0 heterocycles. The minimum Gasteiger partial charge on any atom is -0.329 e. The van der Waals surface area contributed by atoms with Crippen molar-refractivity contribution in [2.75, 3.05) is 20.1 Å². The van der Waals surface area contributed by atoms with Gasteiger partial charge in [0, 0.05) is 19.1 Å². The molecule has 20 heavy (non-hydrogen) atoms. The van der Waals surface area contributed by atoms with Gasteiger partial charge in [-0.05, 0) is 43.5 Å². The number of hydrogen-bond donors (Lipinski definition) is 1. The van der Waals surface area contributed by atoms with E-state index >= 15 is 0 Å². The van der Waals surface area contributed by atoms with Crippen molar-refractivity contribution in [3.05, 3.63) is 35.1 Å². The lowest BCUT2D eigenvalue weighted by Crippen LogP contribution is -2.33. The van der Waals surface area contributed by atoms with Crippen LogP contribution in [-0.2, 0) is 6.18 Å². The van der Waals surface area contributed by atoms with E-state index in [9.17, 15) is 17.6 Å². The van der Waals surface area contributed by atoms with Crippen LogP contribution in [0.15, 0.2) is 18.2 Å². The fourth-order valence-electron chi connectivity index (χ4n) is 2.44. The maximum absolute atomic E-state index is 13.1. The number of likely N-dealkylation sites (N-methyl/N-ethyl adjacent to an activating group) is 1. The fraction of sp³-hybridized carbons (Fsp3) is 0.571. The minimum absolute atomic E-state index is 0.0459. The van der Waals surface area contributed by atoms with Gasteiger partial charge in [0.25, 0.3) is 0 Å². The summed E-state index contributed by atoms with van der Waals surface area (Å²) in [6.45, 7) is 0.786. The second-order valence-electron chi connectivity index (χ2n) is 5.36. The number of rotatable bonds is 5. The van der Waals surface area contributed by atoms with Crippen LogP contribution in [0.4, 0.5) is 17.6 Å². The molecule has 1 aliphatic rings. The van der Waals surface area contributed by atoms with Crippen LogP contribution in [0.2, 0.25) is 0 Å². The SMILES string of the molecule is CN(CC1CC1)C(CN)c1ccc(F)cc1C(F)(F)F. The molecule has 2 rings (SSSR count). The molecule has 112 valence electrons. The molecular weight excluding hydrogens is 272 g/mol. The van der Waals surface area contributed by atoms with Crippen molar-refractivity contribution in [1.29, 1.82) is 0 Å². The highest BCUT2D eigenvalue weighted by molar-refractivity contribution is 5.33. The monoisotopic (exact) mass is 290 g/mol. The second-order valence-corrected chi connectivity index (χ2v) is 5.36. The predicted molar refractivity (Wildman–Crippen MR) is 68.6 cm³/mol. The van der Waals surface area contributed by atoms with Crippen molar-refractivity contribution < 1.29 is 17.6 Å². The molecule has 6 heteroatoms. The standard InChI is InChI=1S/C14H18F4N2/c1-20(8-9-2-3-9)13(7-19)11-5-4-10(15)6-12(11)14(16,17)18/h4-6,9,13H,2-3,7-8,19H2,1H3. The van der Waals surface area contributed by atoms with Crippen LogP contribution in [0.5, 0.6) is 0 Å². The molecule has 1 unspecified atom stereocenters. The molecule has 1 aromatic rings.